The first-order valence-electron chi connectivity index (χ1n) is 6.31. The summed E-state index contributed by atoms with van der Waals surface area (Å²) in [4.78, 5) is 12.0. The number of rotatable bonds is 2. The molecule has 1 aromatic heterocycles. The SMILES string of the molecule is NC(c1ccc2c(c1)C(=O)NCCO2)c1cc(Cl)sc1Cl. The molecule has 0 spiro atoms. The average molecular weight is 343 g/mol. The number of carbonyl (C=O) groups excluding carboxylic acids is 1. The molecule has 110 valence electrons. The van der Waals surface area contributed by atoms with E-state index in [1.54, 1.807) is 18.2 Å². The quantitative estimate of drug-likeness (QED) is 0.880. The van der Waals surface area contributed by atoms with Gasteiger partial charge in [-0.2, -0.15) is 0 Å². The Kier molecular flexibility index (Phi) is 4.08. The van der Waals surface area contributed by atoms with E-state index >= 15 is 0 Å². The van der Waals surface area contributed by atoms with Gasteiger partial charge in [-0.3, -0.25) is 4.79 Å². The molecule has 1 aliphatic rings. The van der Waals surface area contributed by atoms with E-state index in [0.717, 1.165) is 11.1 Å². The van der Waals surface area contributed by atoms with Gasteiger partial charge in [0.25, 0.3) is 5.91 Å². The molecule has 1 aromatic carbocycles. The van der Waals surface area contributed by atoms with E-state index in [1.165, 1.54) is 11.3 Å². The van der Waals surface area contributed by atoms with Gasteiger partial charge in [-0.15, -0.1) is 11.3 Å². The summed E-state index contributed by atoms with van der Waals surface area (Å²) in [5.74, 6) is 0.404. The number of nitrogens with one attached hydrogen (secondary N) is 1. The second-order valence-corrected chi connectivity index (χ2v) is 6.90. The van der Waals surface area contributed by atoms with Crippen molar-refractivity contribution in [1.82, 2.24) is 5.32 Å². The van der Waals surface area contributed by atoms with Crippen molar-refractivity contribution in [1.29, 1.82) is 0 Å². The Hall–Kier alpha value is -1.27. The third-order valence-corrected chi connectivity index (χ3v) is 4.79. The summed E-state index contributed by atoms with van der Waals surface area (Å²) < 4.78 is 6.66. The minimum atomic E-state index is -0.442. The first-order valence-corrected chi connectivity index (χ1v) is 7.89. The molecule has 3 rings (SSSR count). The van der Waals surface area contributed by atoms with Gasteiger partial charge in [0.05, 0.1) is 26.8 Å². The highest BCUT2D eigenvalue weighted by molar-refractivity contribution is 7.20. The normalized spacial score (nSPS) is 15.7. The van der Waals surface area contributed by atoms with Gasteiger partial charge in [0, 0.05) is 5.56 Å². The van der Waals surface area contributed by atoms with Crippen LogP contribution in [0.25, 0.3) is 0 Å². The molecule has 2 heterocycles. The van der Waals surface area contributed by atoms with E-state index in [0.29, 0.717) is 33.1 Å². The molecule has 0 saturated heterocycles. The first kappa shape index (κ1) is 14.7. The summed E-state index contributed by atoms with van der Waals surface area (Å²) >= 11 is 13.4. The molecule has 0 radical (unpaired) electrons. The van der Waals surface area contributed by atoms with E-state index in [9.17, 15) is 4.79 Å². The van der Waals surface area contributed by atoms with Crippen LogP contribution in [0.3, 0.4) is 0 Å². The topological polar surface area (TPSA) is 64.4 Å². The highest BCUT2D eigenvalue weighted by atomic mass is 35.5. The number of fused-ring (bicyclic) bond motifs is 1. The van der Waals surface area contributed by atoms with Crippen LogP contribution in [-0.4, -0.2) is 19.1 Å². The Morgan fingerprint density at radius 1 is 1.33 bits per heavy atom. The van der Waals surface area contributed by atoms with Crippen LogP contribution in [0.1, 0.15) is 27.5 Å². The third-order valence-electron chi connectivity index (χ3n) is 3.27. The molecular weight excluding hydrogens is 331 g/mol. The van der Waals surface area contributed by atoms with Gasteiger partial charge in [0.15, 0.2) is 0 Å². The van der Waals surface area contributed by atoms with Crippen molar-refractivity contribution < 1.29 is 9.53 Å². The predicted molar refractivity (Wildman–Crippen MR) is 84.6 cm³/mol. The summed E-state index contributed by atoms with van der Waals surface area (Å²) in [6.45, 7) is 0.941. The number of thiophene rings is 1. The van der Waals surface area contributed by atoms with Crippen LogP contribution >= 0.6 is 34.5 Å². The molecule has 0 saturated carbocycles. The Balaban J connectivity index is 2.00. The first-order chi connectivity index (χ1) is 10.1. The van der Waals surface area contributed by atoms with Crippen molar-refractivity contribution in [2.45, 2.75) is 6.04 Å². The minimum Gasteiger partial charge on any atom is -0.491 e. The zero-order valence-electron chi connectivity index (χ0n) is 10.9. The summed E-state index contributed by atoms with van der Waals surface area (Å²) in [5.41, 5.74) is 8.26. The second-order valence-electron chi connectivity index (χ2n) is 4.62. The lowest BCUT2D eigenvalue weighted by Crippen LogP contribution is -2.24. The molecule has 1 atom stereocenters. The van der Waals surface area contributed by atoms with Crippen LogP contribution in [0.2, 0.25) is 8.67 Å². The van der Waals surface area contributed by atoms with Crippen LogP contribution in [-0.2, 0) is 0 Å². The number of benzene rings is 1. The van der Waals surface area contributed by atoms with Crippen LogP contribution in [0, 0.1) is 0 Å². The molecule has 2 aromatic rings. The van der Waals surface area contributed by atoms with Crippen molar-refractivity contribution in [3.8, 4) is 5.75 Å². The molecule has 7 heteroatoms. The number of carbonyl (C=O) groups is 1. The Labute approximate surface area is 135 Å². The fraction of sp³-hybridized carbons (Fsp3) is 0.214. The van der Waals surface area contributed by atoms with Crippen molar-refractivity contribution in [3.63, 3.8) is 0 Å². The molecule has 1 aliphatic heterocycles. The molecule has 0 bridgehead atoms. The largest absolute Gasteiger partial charge is 0.491 e. The van der Waals surface area contributed by atoms with Gasteiger partial charge in [-0.1, -0.05) is 29.3 Å². The molecule has 1 unspecified atom stereocenters. The number of amides is 1. The Morgan fingerprint density at radius 2 is 2.14 bits per heavy atom. The smallest absolute Gasteiger partial charge is 0.255 e. The van der Waals surface area contributed by atoms with Crippen molar-refractivity contribution in [2.24, 2.45) is 5.73 Å². The van der Waals surface area contributed by atoms with Crippen LogP contribution < -0.4 is 15.8 Å². The van der Waals surface area contributed by atoms with Crippen LogP contribution in [0.4, 0.5) is 0 Å². The van der Waals surface area contributed by atoms with E-state index in [4.69, 9.17) is 33.7 Å². The number of halogens is 2. The molecule has 0 aliphatic carbocycles. The summed E-state index contributed by atoms with van der Waals surface area (Å²) in [6.07, 6.45) is 0. The standard InChI is InChI=1S/C14H12Cl2N2O2S/c15-11-6-9(13(16)21-11)12(17)7-1-2-10-8(5-7)14(19)18-3-4-20-10/h1-2,5-6,12H,3-4,17H2,(H,18,19). The lowest BCUT2D eigenvalue weighted by Gasteiger charge is -2.14. The van der Waals surface area contributed by atoms with E-state index < -0.39 is 6.04 Å². The van der Waals surface area contributed by atoms with Gasteiger partial charge >= 0.3 is 0 Å². The number of hydrogen-bond donors (Lipinski definition) is 2. The number of hydrogen-bond acceptors (Lipinski definition) is 4. The van der Waals surface area contributed by atoms with Gasteiger partial charge in [-0.05, 0) is 23.8 Å². The molecule has 21 heavy (non-hydrogen) atoms. The maximum Gasteiger partial charge on any atom is 0.255 e. The highest BCUT2D eigenvalue weighted by Crippen LogP contribution is 2.37. The second kappa shape index (κ2) is 5.85. The van der Waals surface area contributed by atoms with Crippen molar-refractivity contribution >= 4 is 40.4 Å². The maximum absolute atomic E-state index is 12.0. The molecule has 3 N–H and O–H groups in total. The van der Waals surface area contributed by atoms with E-state index in [-0.39, 0.29) is 5.91 Å². The molecule has 0 fully saturated rings. The Morgan fingerprint density at radius 3 is 2.86 bits per heavy atom. The van der Waals surface area contributed by atoms with E-state index in [1.807, 2.05) is 6.07 Å². The van der Waals surface area contributed by atoms with Gasteiger partial charge in [0.2, 0.25) is 0 Å². The summed E-state index contributed by atoms with van der Waals surface area (Å²) in [7, 11) is 0. The van der Waals surface area contributed by atoms with Crippen LogP contribution in [0.15, 0.2) is 24.3 Å². The van der Waals surface area contributed by atoms with Gasteiger partial charge in [0.1, 0.15) is 12.4 Å². The van der Waals surface area contributed by atoms with Gasteiger partial charge < -0.3 is 15.8 Å². The zero-order valence-corrected chi connectivity index (χ0v) is 13.2. The zero-order chi connectivity index (χ0) is 15.0. The van der Waals surface area contributed by atoms with E-state index in [2.05, 4.69) is 5.32 Å². The summed E-state index contributed by atoms with van der Waals surface area (Å²) in [6, 6.07) is 6.65. The average Bonchev–Trinajstić information content (AvgIpc) is 2.69. The maximum atomic E-state index is 12.0. The lowest BCUT2D eigenvalue weighted by molar-refractivity contribution is 0.0957. The minimum absolute atomic E-state index is 0.161. The predicted octanol–water partition coefficient (Wildman–Crippen LogP) is 3.23. The fourth-order valence-corrected chi connectivity index (χ4v) is 3.76. The van der Waals surface area contributed by atoms with Gasteiger partial charge in [-0.25, -0.2) is 0 Å². The van der Waals surface area contributed by atoms with Crippen LogP contribution in [0.5, 0.6) is 5.75 Å². The number of nitrogens with two attached hydrogens (primary N) is 1. The monoisotopic (exact) mass is 342 g/mol. The highest BCUT2D eigenvalue weighted by Gasteiger charge is 2.21. The van der Waals surface area contributed by atoms with Crippen molar-refractivity contribution in [2.75, 3.05) is 13.2 Å². The Bertz CT molecular complexity index is 702. The third kappa shape index (κ3) is 2.87. The molecule has 1 amide bonds. The lowest BCUT2D eigenvalue weighted by atomic mass is 9.99. The number of ether oxygens (including phenoxy) is 1. The van der Waals surface area contributed by atoms with Crippen molar-refractivity contribution in [3.05, 3.63) is 49.6 Å². The molecule has 4 nitrogen and oxygen atoms in total. The summed E-state index contributed by atoms with van der Waals surface area (Å²) in [5, 5.41) is 2.77. The fourth-order valence-electron chi connectivity index (χ4n) is 2.21. The molecular formula is C14H12Cl2N2O2S.